The number of hydrogen-bond donors (Lipinski definition) is 0. The summed E-state index contributed by atoms with van der Waals surface area (Å²) in [4.78, 5) is 16.7. The topological polar surface area (TPSA) is 23.6 Å². The lowest BCUT2D eigenvalue weighted by Gasteiger charge is -2.38. The van der Waals surface area contributed by atoms with Crippen LogP contribution in [0.3, 0.4) is 0 Å². The van der Waals surface area contributed by atoms with E-state index in [9.17, 15) is 4.79 Å². The van der Waals surface area contributed by atoms with Crippen molar-refractivity contribution in [3.8, 4) is 0 Å². The normalized spacial score (nSPS) is 22.9. The quantitative estimate of drug-likeness (QED) is 0.787. The SMILES string of the molecule is C=CCN1CCN(c2ccc3c(c2)CCC3)C(=O)C1C. The highest BCUT2D eigenvalue weighted by atomic mass is 16.2. The Balaban J connectivity index is 1.81. The van der Waals surface area contributed by atoms with Crippen molar-refractivity contribution in [2.24, 2.45) is 0 Å². The molecule has 106 valence electrons. The summed E-state index contributed by atoms with van der Waals surface area (Å²) in [7, 11) is 0. The third-order valence-corrected chi connectivity index (χ3v) is 4.54. The van der Waals surface area contributed by atoms with Gasteiger partial charge in [0.25, 0.3) is 0 Å². The predicted octanol–water partition coefficient (Wildman–Crippen LogP) is 2.40. The zero-order valence-corrected chi connectivity index (χ0v) is 12.1. The van der Waals surface area contributed by atoms with Crippen molar-refractivity contribution in [2.45, 2.75) is 32.2 Å². The van der Waals surface area contributed by atoms with Crippen LogP contribution >= 0.6 is 0 Å². The third-order valence-electron chi connectivity index (χ3n) is 4.54. The maximum atomic E-state index is 12.6. The van der Waals surface area contributed by atoms with E-state index in [2.05, 4.69) is 29.7 Å². The number of benzene rings is 1. The Morgan fingerprint density at radius 3 is 2.90 bits per heavy atom. The zero-order valence-electron chi connectivity index (χ0n) is 12.1. The van der Waals surface area contributed by atoms with E-state index in [4.69, 9.17) is 0 Å². The van der Waals surface area contributed by atoms with Crippen LogP contribution in [0.4, 0.5) is 5.69 Å². The molecule has 3 rings (SSSR count). The van der Waals surface area contributed by atoms with Gasteiger partial charge in [0.2, 0.25) is 5.91 Å². The molecule has 3 heteroatoms. The molecule has 1 aliphatic heterocycles. The second kappa shape index (κ2) is 5.41. The van der Waals surface area contributed by atoms with Gasteiger partial charge in [-0.05, 0) is 49.4 Å². The first kappa shape index (κ1) is 13.4. The van der Waals surface area contributed by atoms with Crippen LogP contribution in [0, 0.1) is 0 Å². The fourth-order valence-corrected chi connectivity index (χ4v) is 3.31. The number of rotatable bonds is 3. The Morgan fingerprint density at radius 2 is 2.10 bits per heavy atom. The molecule has 1 fully saturated rings. The summed E-state index contributed by atoms with van der Waals surface area (Å²) in [5.41, 5.74) is 3.96. The van der Waals surface area contributed by atoms with E-state index >= 15 is 0 Å². The van der Waals surface area contributed by atoms with Gasteiger partial charge in [0.1, 0.15) is 0 Å². The molecule has 1 aromatic carbocycles. The largest absolute Gasteiger partial charge is 0.310 e. The standard InChI is InChI=1S/C17H22N2O/c1-3-9-18-10-11-19(17(20)13(18)2)16-8-7-14-5-4-6-15(14)12-16/h3,7-8,12-13H,1,4-6,9-11H2,2H3. The molecular formula is C17H22N2O. The lowest BCUT2D eigenvalue weighted by molar-refractivity contribution is -0.124. The smallest absolute Gasteiger partial charge is 0.244 e. The van der Waals surface area contributed by atoms with Gasteiger partial charge in [-0.1, -0.05) is 12.1 Å². The highest BCUT2D eigenvalue weighted by molar-refractivity contribution is 5.97. The molecule has 1 aromatic rings. The van der Waals surface area contributed by atoms with E-state index in [0.29, 0.717) is 0 Å². The van der Waals surface area contributed by atoms with Gasteiger partial charge in [-0.25, -0.2) is 0 Å². The van der Waals surface area contributed by atoms with E-state index in [-0.39, 0.29) is 11.9 Å². The van der Waals surface area contributed by atoms with Crippen molar-refractivity contribution in [1.29, 1.82) is 0 Å². The van der Waals surface area contributed by atoms with Crippen LogP contribution in [-0.4, -0.2) is 36.5 Å². The highest BCUT2D eigenvalue weighted by Gasteiger charge is 2.31. The van der Waals surface area contributed by atoms with E-state index in [1.807, 2.05) is 17.9 Å². The lowest BCUT2D eigenvalue weighted by atomic mass is 10.1. The predicted molar refractivity (Wildman–Crippen MR) is 82.1 cm³/mol. The molecule has 0 radical (unpaired) electrons. The Bertz CT molecular complexity index is 538. The van der Waals surface area contributed by atoms with Crippen LogP contribution in [0.1, 0.15) is 24.5 Å². The molecule has 0 bridgehead atoms. The first-order chi connectivity index (χ1) is 9.70. The summed E-state index contributed by atoms with van der Waals surface area (Å²) in [6.07, 6.45) is 5.46. The number of amides is 1. The number of carbonyl (C=O) groups is 1. The first-order valence-corrected chi connectivity index (χ1v) is 7.49. The van der Waals surface area contributed by atoms with E-state index < -0.39 is 0 Å². The monoisotopic (exact) mass is 270 g/mol. The maximum absolute atomic E-state index is 12.6. The van der Waals surface area contributed by atoms with Crippen LogP contribution in [0.25, 0.3) is 0 Å². The molecule has 0 saturated carbocycles. The van der Waals surface area contributed by atoms with Crippen molar-refractivity contribution < 1.29 is 4.79 Å². The molecule has 1 heterocycles. The Hall–Kier alpha value is -1.61. The minimum Gasteiger partial charge on any atom is -0.310 e. The number of fused-ring (bicyclic) bond motifs is 1. The van der Waals surface area contributed by atoms with Crippen LogP contribution in [0.5, 0.6) is 0 Å². The van der Waals surface area contributed by atoms with Gasteiger partial charge in [-0.3, -0.25) is 9.69 Å². The van der Waals surface area contributed by atoms with Gasteiger partial charge >= 0.3 is 0 Å². The van der Waals surface area contributed by atoms with Gasteiger partial charge in [-0.15, -0.1) is 6.58 Å². The molecule has 0 spiro atoms. The van der Waals surface area contributed by atoms with Gasteiger partial charge in [0.05, 0.1) is 6.04 Å². The van der Waals surface area contributed by atoms with Crippen LogP contribution < -0.4 is 4.90 Å². The van der Waals surface area contributed by atoms with Crippen LogP contribution in [-0.2, 0) is 17.6 Å². The number of anilines is 1. The summed E-state index contributed by atoms with van der Waals surface area (Å²) in [5.74, 6) is 0.205. The molecule has 1 saturated heterocycles. The summed E-state index contributed by atoms with van der Waals surface area (Å²) in [6.45, 7) is 8.22. The summed E-state index contributed by atoms with van der Waals surface area (Å²) in [6, 6.07) is 6.47. The van der Waals surface area contributed by atoms with E-state index in [1.54, 1.807) is 0 Å². The van der Waals surface area contributed by atoms with Crippen molar-refractivity contribution >= 4 is 11.6 Å². The Morgan fingerprint density at radius 1 is 1.30 bits per heavy atom. The second-order valence-corrected chi connectivity index (χ2v) is 5.76. The molecule has 0 aromatic heterocycles. The molecule has 1 unspecified atom stereocenters. The first-order valence-electron chi connectivity index (χ1n) is 7.49. The molecule has 1 aliphatic carbocycles. The molecule has 2 aliphatic rings. The van der Waals surface area contributed by atoms with Crippen LogP contribution in [0.15, 0.2) is 30.9 Å². The average Bonchev–Trinajstić information content (AvgIpc) is 2.91. The summed E-state index contributed by atoms with van der Waals surface area (Å²) in [5, 5.41) is 0. The van der Waals surface area contributed by atoms with Crippen molar-refractivity contribution in [1.82, 2.24) is 4.90 Å². The Labute approximate surface area is 120 Å². The zero-order chi connectivity index (χ0) is 14.1. The van der Waals surface area contributed by atoms with Gasteiger partial charge in [0, 0.05) is 25.3 Å². The average molecular weight is 270 g/mol. The second-order valence-electron chi connectivity index (χ2n) is 5.76. The molecule has 3 nitrogen and oxygen atoms in total. The van der Waals surface area contributed by atoms with E-state index in [1.165, 1.54) is 24.0 Å². The van der Waals surface area contributed by atoms with Crippen molar-refractivity contribution in [3.63, 3.8) is 0 Å². The van der Waals surface area contributed by atoms with Crippen molar-refractivity contribution in [3.05, 3.63) is 42.0 Å². The molecule has 20 heavy (non-hydrogen) atoms. The van der Waals surface area contributed by atoms with Crippen LogP contribution in [0.2, 0.25) is 0 Å². The Kier molecular flexibility index (Phi) is 3.62. The van der Waals surface area contributed by atoms with Gasteiger partial charge < -0.3 is 4.90 Å². The van der Waals surface area contributed by atoms with Gasteiger partial charge in [-0.2, -0.15) is 0 Å². The lowest BCUT2D eigenvalue weighted by Crippen LogP contribution is -2.56. The third kappa shape index (κ3) is 2.27. The minimum atomic E-state index is -0.0602. The minimum absolute atomic E-state index is 0.0602. The number of nitrogens with zero attached hydrogens (tertiary/aromatic N) is 2. The fourth-order valence-electron chi connectivity index (χ4n) is 3.31. The highest BCUT2D eigenvalue weighted by Crippen LogP contribution is 2.28. The number of aryl methyl sites for hydroxylation is 2. The molecule has 0 N–H and O–H groups in total. The molecule has 1 amide bonds. The maximum Gasteiger partial charge on any atom is 0.244 e. The van der Waals surface area contributed by atoms with E-state index in [0.717, 1.165) is 31.7 Å². The van der Waals surface area contributed by atoms with Crippen molar-refractivity contribution in [2.75, 3.05) is 24.5 Å². The fraction of sp³-hybridized carbons (Fsp3) is 0.471. The molecule has 1 atom stereocenters. The molecular weight excluding hydrogens is 248 g/mol. The van der Waals surface area contributed by atoms with Gasteiger partial charge in [0.15, 0.2) is 0 Å². The summed E-state index contributed by atoms with van der Waals surface area (Å²) < 4.78 is 0. The number of carbonyl (C=O) groups excluding carboxylic acids is 1. The number of hydrogen-bond acceptors (Lipinski definition) is 2. The number of piperazine rings is 1. The summed E-state index contributed by atoms with van der Waals surface area (Å²) >= 11 is 0.